The first kappa shape index (κ1) is 13.2. The smallest absolute Gasteiger partial charge is 0.119 e. The van der Waals surface area contributed by atoms with E-state index >= 15 is 0 Å². The van der Waals surface area contributed by atoms with Crippen molar-refractivity contribution in [1.82, 2.24) is 4.90 Å². The summed E-state index contributed by atoms with van der Waals surface area (Å²) >= 11 is 0. The summed E-state index contributed by atoms with van der Waals surface area (Å²) in [5.74, 6) is 2.09. The molecule has 18 heavy (non-hydrogen) atoms. The van der Waals surface area contributed by atoms with E-state index in [2.05, 4.69) is 11.9 Å². The zero-order chi connectivity index (χ0) is 13.0. The van der Waals surface area contributed by atoms with E-state index in [1.54, 1.807) is 24.3 Å². The Morgan fingerprint density at radius 3 is 2.72 bits per heavy atom. The van der Waals surface area contributed by atoms with Crippen molar-refractivity contribution in [1.29, 1.82) is 0 Å². The maximum Gasteiger partial charge on any atom is 0.119 e. The third-order valence-corrected chi connectivity index (χ3v) is 3.70. The molecule has 0 aromatic heterocycles. The molecule has 1 aliphatic rings. The van der Waals surface area contributed by atoms with Crippen LogP contribution in [0.25, 0.3) is 0 Å². The lowest BCUT2D eigenvalue weighted by Gasteiger charge is -2.22. The molecule has 3 N–H and O–H groups in total. The van der Waals surface area contributed by atoms with Crippen molar-refractivity contribution in [3.63, 3.8) is 0 Å². The maximum absolute atomic E-state index is 9.20. The Balaban J connectivity index is 1.85. The van der Waals surface area contributed by atoms with Crippen molar-refractivity contribution in [3.05, 3.63) is 24.3 Å². The van der Waals surface area contributed by atoms with Crippen LogP contribution in [0.2, 0.25) is 0 Å². The number of nitrogens with two attached hydrogens (primary N) is 1. The van der Waals surface area contributed by atoms with Gasteiger partial charge < -0.3 is 20.5 Å². The third kappa shape index (κ3) is 3.37. The van der Waals surface area contributed by atoms with Gasteiger partial charge in [-0.15, -0.1) is 0 Å². The highest BCUT2D eigenvalue weighted by Gasteiger charge is 2.27. The predicted octanol–water partition coefficient (Wildman–Crippen LogP) is 1.30. The molecule has 2 rings (SSSR count). The molecule has 100 valence electrons. The minimum Gasteiger partial charge on any atom is -0.508 e. The van der Waals surface area contributed by atoms with Gasteiger partial charge in [0.05, 0.1) is 6.61 Å². The van der Waals surface area contributed by atoms with E-state index < -0.39 is 0 Å². The summed E-state index contributed by atoms with van der Waals surface area (Å²) < 4.78 is 5.75. The quantitative estimate of drug-likeness (QED) is 0.827. The van der Waals surface area contributed by atoms with Gasteiger partial charge in [-0.1, -0.05) is 0 Å². The number of likely N-dealkylation sites (tertiary alicyclic amines) is 1. The number of benzene rings is 1. The van der Waals surface area contributed by atoms with Gasteiger partial charge in [0.1, 0.15) is 11.5 Å². The van der Waals surface area contributed by atoms with Gasteiger partial charge in [0.25, 0.3) is 0 Å². The summed E-state index contributed by atoms with van der Waals surface area (Å²) in [4.78, 5) is 2.34. The Bertz CT molecular complexity index is 367. The Morgan fingerprint density at radius 2 is 2.17 bits per heavy atom. The molecule has 0 radical (unpaired) electrons. The van der Waals surface area contributed by atoms with Gasteiger partial charge in [0.15, 0.2) is 0 Å². The van der Waals surface area contributed by atoms with Gasteiger partial charge in [0.2, 0.25) is 0 Å². The second-order valence-corrected chi connectivity index (χ2v) is 5.11. The van der Waals surface area contributed by atoms with E-state index in [1.807, 2.05) is 0 Å². The van der Waals surface area contributed by atoms with E-state index in [9.17, 15) is 5.11 Å². The Kier molecular flexibility index (Phi) is 4.44. The number of ether oxygens (including phenoxy) is 1. The number of hydrogen-bond donors (Lipinski definition) is 2. The summed E-state index contributed by atoms with van der Waals surface area (Å²) in [7, 11) is 2.15. The van der Waals surface area contributed by atoms with Crippen molar-refractivity contribution < 1.29 is 9.84 Å². The molecule has 1 saturated heterocycles. The van der Waals surface area contributed by atoms with Crippen LogP contribution < -0.4 is 10.5 Å². The first-order valence-electron chi connectivity index (χ1n) is 6.49. The first-order valence-corrected chi connectivity index (χ1v) is 6.49. The summed E-state index contributed by atoms with van der Waals surface area (Å²) in [5.41, 5.74) is 5.85. The molecule has 1 fully saturated rings. The summed E-state index contributed by atoms with van der Waals surface area (Å²) in [6.45, 7) is 3.58. The van der Waals surface area contributed by atoms with Gasteiger partial charge in [-0.05, 0) is 56.7 Å². The highest BCUT2D eigenvalue weighted by Crippen LogP contribution is 2.24. The summed E-state index contributed by atoms with van der Waals surface area (Å²) in [5, 5.41) is 9.20. The Hall–Kier alpha value is -1.26. The fraction of sp³-hybridized carbons (Fsp3) is 0.571. The highest BCUT2D eigenvalue weighted by molar-refractivity contribution is 5.30. The van der Waals surface area contributed by atoms with Crippen LogP contribution in [-0.4, -0.2) is 43.3 Å². The topological polar surface area (TPSA) is 58.7 Å². The van der Waals surface area contributed by atoms with Crippen molar-refractivity contribution in [3.8, 4) is 11.5 Å². The molecule has 1 heterocycles. The summed E-state index contributed by atoms with van der Waals surface area (Å²) in [6.07, 6.45) is 1.21. The largest absolute Gasteiger partial charge is 0.508 e. The van der Waals surface area contributed by atoms with E-state index in [0.29, 0.717) is 25.0 Å². The zero-order valence-corrected chi connectivity index (χ0v) is 10.9. The van der Waals surface area contributed by atoms with Crippen molar-refractivity contribution in [2.45, 2.75) is 6.42 Å². The predicted molar refractivity (Wildman–Crippen MR) is 71.8 cm³/mol. The van der Waals surface area contributed by atoms with E-state index in [-0.39, 0.29) is 5.75 Å². The van der Waals surface area contributed by atoms with Crippen molar-refractivity contribution >= 4 is 0 Å². The molecule has 1 aromatic rings. The molecule has 1 aromatic carbocycles. The van der Waals surface area contributed by atoms with Gasteiger partial charge in [-0.25, -0.2) is 0 Å². The van der Waals surface area contributed by atoms with Crippen LogP contribution in [0.15, 0.2) is 24.3 Å². The minimum absolute atomic E-state index is 0.259. The van der Waals surface area contributed by atoms with Gasteiger partial charge in [-0.2, -0.15) is 0 Å². The number of aromatic hydroxyl groups is 1. The number of nitrogens with zero attached hydrogens (tertiary/aromatic N) is 1. The number of phenols is 1. The average Bonchev–Trinajstić information content (AvgIpc) is 2.79. The molecular weight excluding hydrogens is 228 g/mol. The second-order valence-electron chi connectivity index (χ2n) is 5.11. The molecule has 0 amide bonds. The number of phenolic OH excluding ortho intramolecular Hbond substituents is 1. The van der Waals surface area contributed by atoms with Crippen LogP contribution in [0, 0.1) is 11.8 Å². The second kappa shape index (κ2) is 6.07. The van der Waals surface area contributed by atoms with Gasteiger partial charge in [0, 0.05) is 12.5 Å². The van der Waals surface area contributed by atoms with Crippen LogP contribution in [-0.2, 0) is 0 Å². The van der Waals surface area contributed by atoms with Crippen molar-refractivity contribution in [2.24, 2.45) is 17.6 Å². The molecule has 0 saturated carbocycles. The summed E-state index contributed by atoms with van der Waals surface area (Å²) in [6, 6.07) is 6.83. The van der Waals surface area contributed by atoms with E-state index in [0.717, 1.165) is 18.8 Å². The molecule has 2 atom stereocenters. The van der Waals surface area contributed by atoms with Crippen LogP contribution in [0.1, 0.15) is 6.42 Å². The van der Waals surface area contributed by atoms with Crippen LogP contribution in [0.5, 0.6) is 11.5 Å². The van der Waals surface area contributed by atoms with E-state index in [4.69, 9.17) is 10.5 Å². The SMILES string of the molecule is CN1CCC(C(CN)COc2ccc(O)cc2)C1. The van der Waals surface area contributed by atoms with Gasteiger partial charge >= 0.3 is 0 Å². The number of rotatable bonds is 5. The molecule has 2 unspecified atom stereocenters. The molecular formula is C14H22N2O2. The van der Waals surface area contributed by atoms with Gasteiger partial charge in [-0.3, -0.25) is 0 Å². The maximum atomic E-state index is 9.20. The van der Waals surface area contributed by atoms with Crippen LogP contribution in [0.3, 0.4) is 0 Å². The third-order valence-electron chi connectivity index (χ3n) is 3.70. The standard InChI is InChI=1S/C14H22N2O2/c1-16-7-6-11(9-16)12(8-15)10-18-14-4-2-13(17)3-5-14/h2-5,11-12,17H,6-10,15H2,1H3. The number of hydrogen-bond acceptors (Lipinski definition) is 4. The normalized spacial score (nSPS) is 22.0. The average molecular weight is 250 g/mol. The highest BCUT2D eigenvalue weighted by atomic mass is 16.5. The fourth-order valence-electron chi connectivity index (χ4n) is 2.50. The molecule has 0 aliphatic carbocycles. The Morgan fingerprint density at radius 1 is 1.44 bits per heavy atom. The van der Waals surface area contributed by atoms with Crippen LogP contribution in [0.4, 0.5) is 0 Å². The zero-order valence-electron chi connectivity index (χ0n) is 10.9. The lowest BCUT2D eigenvalue weighted by Crippen LogP contribution is -2.30. The molecule has 0 bridgehead atoms. The fourth-order valence-corrected chi connectivity index (χ4v) is 2.50. The van der Waals surface area contributed by atoms with E-state index in [1.165, 1.54) is 6.42 Å². The lowest BCUT2D eigenvalue weighted by molar-refractivity contribution is 0.199. The Labute approximate surface area is 108 Å². The molecule has 4 heteroatoms. The minimum atomic E-state index is 0.259. The molecule has 0 spiro atoms. The molecule has 1 aliphatic heterocycles. The monoisotopic (exact) mass is 250 g/mol. The lowest BCUT2D eigenvalue weighted by atomic mass is 9.92. The molecule has 4 nitrogen and oxygen atoms in total. The van der Waals surface area contributed by atoms with Crippen LogP contribution >= 0.6 is 0 Å². The van der Waals surface area contributed by atoms with Crippen molar-refractivity contribution in [2.75, 3.05) is 33.3 Å². The first-order chi connectivity index (χ1) is 8.69.